The Hall–Kier alpha value is -2.25. The van der Waals surface area contributed by atoms with Gasteiger partial charge in [0.05, 0.1) is 0 Å². The molecule has 2 rings (SSSR count). The summed E-state index contributed by atoms with van der Waals surface area (Å²) < 4.78 is 10.6. The Labute approximate surface area is 152 Å². The summed E-state index contributed by atoms with van der Waals surface area (Å²) in [6.45, 7) is 7.41. The second kappa shape index (κ2) is 7.97. The molecular formula is C19H25NO6. The molecule has 2 heterocycles. The minimum Gasteiger partial charge on any atom is -0.458 e. The second-order valence-electron chi connectivity index (χ2n) is 6.78. The number of hydrogen-bond donors (Lipinski definition) is 1. The van der Waals surface area contributed by atoms with E-state index in [4.69, 9.17) is 9.47 Å². The molecule has 0 aromatic carbocycles. The average molecular weight is 363 g/mol. The number of likely N-dealkylation sites (N-methyl/N-ethyl adjacent to an activating group) is 1. The fourth-order valence-electron chi connectivity index (χ4n) is 2.70. The Kier molecular flexibility index (Phi) is 6.15. The molecule has 2 aliphatic rings. The molecule has 2 atom stereocenters. The predicted molar refractivity (Wildman–Crippen MR) is 94.2 cm³/mol. The van der Waals surface area contributed by atoms with Crippen LogP contribution >= 0.6 is 0 Å². The molecular weight excluding hydrogens is 338 g/mol. The van der Waals surface area contributed by atoms with Crippen molar-refractivity contribution in [3.05, 3.63) is 35.5 Å². The maximum absolute atomic E-state index is 12.7. The summed E-state index contributed by atoms with van der Waals surface area (Å²) in [5.41, 5.74) is -1.40. The number of aliphatic hydroxyl groups is 1. The molecule has 1 N–H and O–H groups in total. The Morgan fingerprint density at radius 2 is 2.08 bits per heavy atom. The number of hydrogen-bond acceptors (Lipinski definition) is 7. The van der Waals surface area contributed by atoms with Crippen molar-refractivity contribution in [3.63, 3.8) is 0 Å². The first kappa shape index (κ1) is 20.1. The number of cyclic esters (lactones) is 1. The Morgan fingerprint density at radius 3 is 2.73 bits per heavy atom. The van der Waals surface area contributed by atoms with Gasteiger partial charge >= 0.3 is 11.9 Å². The fourth-order valence-corrected chi connectivity index (χ4v) is 2.70. The van der Waals surface area contributed by atoms with Crippen LogP contribution in [0.4, 0.5) is 0 Å². The van der Waals surface area contributed by atoms with E-state index < -0.39 is 23.6 Å². The molecule has 7 heteroatoms. The van der Waals surface area contributed by atoms with Gasteiger partial charge in [-0.15, -0.1) is 0 Å². The van der Waals surface area contributed by atoms with E-state index in [1.165, 1.54) is 13.0 Å². The number of carbonyl (C=O) groups excluding carboxylic acids is 3. The first-order chi connectivity index (χ1) is 12.2. The summed E-state index contributed by atoms with van der Waals surface area (Å²) in [5.74, 6) is -1.94. The van der Waals surface area contributed by atoms with Gasteiger partial charge in [0, 0.05) is 37.1 Å². The Morgan fingerprint density at radius 1 is 1.38 bits per heavy atom. The van der Waals surface area contributed by atoms with Crippen molar-refractivity contribution in [2.75, 3.05) is 26.7 Å². The third-order valence-electron chi connectivity index (χ3n) is 4.74. The van der Waals surface area contributed by atoms with Crippen molar-refractivity contribution in [1.82, 2.24) is 4.90 Å². The molecule has 0 radical (unpaired) electrons. The van der Waals surface area contributed by atoms with E-state index >= 15 is 0 Å². The van der Waals surface area contributed by atoms with Gasteiger partial charge in [-0.3, -0.25) is 4.79 Å². The van der Waals surface area contributed by atoms with E-state index in [-0.39, 0.29) is 35.5 Å². The Balaban J connectivity index is 2.44. The molecule has 0 aromatic rings. The van der Waals surface area contributed by atoms with Crippen LogP contribution in [0.5, 0.6) is 0 Å². The zero-order valence-corrected chi connectivity index (χ0v) is 15.4. The summed E-state index contributed by atoms with van der Waals surface area (Å²) >= 11 is 0. The number of rotatable bonds is 0. The normalized spacial score (nSPS) is 33.2. The van der Waals surface area contributed by atoms with E-state index in [2.05, 4.69) is 6.58 Å². The van der Waals surface area contributed by atoms with Gasteiger partial charge in [-0.05, 0) is 26.5 Å². The van der Waals surface area contributed by atoms with Gasteiger partial charge in [0.15, 0.2) is 11.7 Å². The molecule has 0 spiro atoms. The molecule has 2 aliphatic heterocycles. The van der Waals surface area contributed by atoms with E-state index in [1.807, 2.05) is 11.9 Å². The highest BCUT2D eigenvalue weighted by atomic mass is 16.6. The van der Waals surface area contributed by atoms with Crippen LogP contribution in [0, 0.1) is 0 Å². The average Bonchev–Trinajstić information content (AvgIpc) is 2.59. The van der Waals surface area contributed by atoms with Crippen LogP contribution in [-0.2, 0) is 23.9 Å². The fraction of sp³-hybridized carbons (Fsp3) is 0.526. The minimum absolute atomic E-state index is 0.0546. The number of ketones is 1. The molecule has 1 fully saturated rings. The van der Waals surface area contributed by atoms with Crippen LogP contribution in [0.1, 0.15) is 26.7 Å². The minimum atomic E-state index is -1.98. The number of fused-ring (bicyclic) bond motifs is 2. The van der Waals surface area contributed by atoms with Crippen molar-refractivity contribution in [1.29, 1.82) is 0 Å². The summed E-state index contributed by atoms with van der Waals surface area (Å²) in [7, 11) is 1.88. The van der Waals surface area contributed by atoms with E-state index in [9.17, 15) is 19.5 Å². The maximum atomic E-state index is 12.7. The van der Waals surface area contributed by atoms with Gasteiger partial charge in [0.25, 0.3) is 0 Å². The first-order valence-electron chi connectivity index (χ1n) is 8.52. The molecule has 2 bridgehead atoms. The van der Waals surface area contributed by atoms with E-state index in [1.54, 1.807) is 13.0 Å². The van der Waals surface area contributed by atoms with Crippen molar-refractivity contribution >= 4 is 17.7 Å². The number of allylic oxidation sites excluding steroid dienone is 1. The van der Waals surface area contributed by atoms with Gasteiger partial charge < -0.3 is 19.5 Å². The lowest BCUT2D eigenvalue weighted by atomic mass is 9.91. The van der Waals surface area contributed by atoms with Crippen molar-refractivity contribution < 1.29 is 29.0 Å². The smallest absolute Gasteiger partial charge is 0.342 e. The highest BCUT2D eigenvalue weighted by molar-refractivity contribution is 6.02. The van der Waals surface area contributed by atoms with Crippen molar-refractivity contribution in [2.45, 2.75) is 38.4 Å². The molecule has 0 unspecified atom stereocenters. The van der Waals surface area contributed by atoms with E-state index in [0.717, 1.165) is 0 Å². The molecule has 0 amide bonds. The molecule has 7 nitrogen and oxygen atoms in total. The van der Waals surface area contributed by atoms with Gasteiger partial charge in [-0.1, -0.05) is 18.7 Å². The summed E-state index contributed by atoms with van der Waals surface area (Å²) in [6.07, 6.45) is 2.53. The highest BCUT2D eigenvalue weighted by Gasteiger charge is 2.38. The number of esters is 2. The molecule has 0 aliphatic carbocycles. The lowest BCUT2D eigenvalue weighted by Crippen LogP contribution is -2.42. The number of Topliss-reactive ketones (excluding diaryl/α,β-unsaturated/α-hetero) is 1. The first-order valence-corrected chi connectivity index (χ1v) is 8.52. The lowest BCUT2D eigenvalue weighted by Gasteiger charge is -2.28. The van der Waals surface area contributed by atoms with Crippen LogP contribution in [0.2, 0.25) is 0 Å². The third kappa shape index (κ3) is 4.28. The SMILES string of the molecule is C=C1C/C(=C/C)C(=O)O[C@@H]2CCN(C)C/C=C(/COC(=O)[C@]1(C)O)C2=O. The molecule has 0 saturated carbocycles. The Bertz CT molecular complexity index is 688. The molecule has 142 valence electrons. The van der Waals surface area contributed by atoms with E-state index in [0.29, 0.717) is 19.5 Å². The van der Waals surface area contributed by atoms with Gasteiger partial charge in [-0.2, -0.15) is 0 Å². The largest absolute Gasteiger partial charge is 0.458 e. The number of carbonyl (C=O) groups is 3. The van der Waals surface area contributed by atoms with Gasteiger partial charge in [0.1, 0.15) is 6.61 Å². The lowest BCUT2D eigenvalue weighted by molar-refractivity contribution is -0.160. The second-order valence-corrected chi connectivity index (χ2v) is 6.78. The van der Waals surface area contributed by atoms with Gasteiger partial charge in [0.2, 0.25) is 5.78 Å². The zero-order valence-electron chi connectivity index (χ0n) is 15.4. The summed E-state index contributed by atoms with van der Waals surface area (Å²) in [4.78, 5) is 39.5. The monoisotopic (exact) mass is 363 g/mol. The maximum Gasteiger partial charge on any atom is 0.342 e. The van der Waals surface area contributed by atoms with Crippen molar-refractivity contribution in [2.24, 2.45) is 0 Å². The van der Waals surface area contributed by atoms with Crippen LogP contribution in [0.3, 0.4) is 0 Å². The standard InChI is InChI=1S/C19H25NO6/c1-5-13-10-12(2)19(3,24)18(23)25-11-14-6-8-20(4)9-7-15(16(14)21)26-17(13)22/h5-6,15,24H,2,7-11H2,1,3-4H3/b13-5-,14-6-/t15-,19-/m1/s1. The van der Waals surface area contributed by atoms with Crippen LogP contribution in [0.15, 0.2) is 35.5 Å². The zero-order chi connectivity index (χ0) is 19.5. The molecule has 0 aromatic heterocycles. The van der Waals surface area contributed by atoms with Crippen molar-refractivity contribution in [3.8, 4) is 0 Å². The van der Waals surface area contributed by atoms with Gasteiger partial charge in [-0.25, -0.2) is 9.59 Å². The number of nitrogens with zero attached hydrogens (tertiary/aromatic N) is 1. The van der Waals surface area contributed by atoms with Crippen LogP contribution in [0.25, 0.3) is 0 Å². The molecule has 1 saturated heterocycles. The number of ether oxygens (including phenoxy) is 2. The topological polar surface area (TPSA) is 93.1 Å². The third-order valence-corrected chi connectivity index (χ3v) is 4.74. The van der Waals surface area contributed by atoms with Crippen LogP contribution < -0.4 is 0 Å². The highest BCUT2D eigenvalue weighted by Crippen LogP contribution is 2.26. The van der Waals surface area contributed by atoms with Crippen LogP contribution in [-0.4, -0.2) is 66.2 Å². The predicted octanol–water partition coefficient (Wildman–Crippen LogP) is 0.930. The quantitative estimate of drug-likeness (QED) is 0.389. The summed E-state index contributed by atoms with van der Waals surface area (Å²) in [5, 5.41) is 10.5. The summed E-state index contributed by atoms with van der Waals surface area (Å²) in [6, 6.07) is 0. The molecule has 26 heavy (non-hydrogen) atoms.